The van der Waals surface area contributed by atoms with Crippen molar-refractivity contribution in [3.8, 4) is 0 Å². The summed E-state index contributed by atoms with van der Waals surface area (Å²) >= 11 is 2.97. The van der Waals surface area contributed by atoms with E-state index in [1.165, 1.54) is 43.4 Å². The van der Waals surface area contributed by atoms with Crippen molar-refractivity contribution in [2.45, 2.75) is 11.4 Å². The zero-order valence-electron chi connectivity index (χ0n) is 11.1. The molecule has 0 spiro atoms. The number of hydrogen-bond donors (Lipinski definition) is 0. The highest BCUT2D eigenvalue weighted by atomic mass is 79.9. The first-order chi connectivity index (χ1) is 9.80. The molecule has 0 N–H and O–H groups in total. The molecule has 21 heavy (non-hydrogen) atoms. The number of halogens is 3. The largest absolute Gasteiger partial charge is 0.243 e. The van der Waals surface area contributed by atoms with Gasteiger partial charge in [-0.25, -0.2) is 17.2 Å². The summed E-state index contributed by atoms with van der Waals surface area (Å²) in [7, 11) is -2.42. The van der Waals surface area contributed by atoms with Gasteiger partial charge in [-0.15, -0.1) is 0 Å². The summed E-state index contributed by atoms with van der Waals surface area (Å²) in [4.78, 5) is -0.132. The van der Waals surface area contributed by atoms with Gasteiger partial charge in [-0.1, -0.05) is 12.1 Å². The van der Waals surface area contributed by atoms with Crippen LogP contribution < -0.4 is 0 Å². The quantitative estimate of drug-likeness (QED) is 0.819. The van der Waals surface area contributed by atoms with E-state index >= 15 is 0 Å². The van der Waals surface area contributed by atoms with Crippen molar-refractivity contribution >= 4 is 26.0 Å². The average molecular weight is 376 g/mol. The molecule has 0 aliphatic rings. The van der Waals surface area contributed by atoms with Gasteiger partial charge < -0.3 is 0 Å². The molecule has 0 bridgehead atoms. The van der Waals surface area contributed by atoms with Gasteiger partial charge >= 0.3 is 0 Å². The van der Waals surface area contributed by atoms with E-state index in [9.17, 15) is 17.2 Å². The van der Waals surface area contributed by atoms with Crippen molar-refractivity contribution in [3.05, 3.63) is 64.1 Å². The Bertz CT molecular complexity index is 748. The number of nitrogens with zero attached hydrogens (tertiary/aromatic N) is 1. The lowest BCUT2D eigenvalue weighted by Gasteiger charge is -2.17. The lowest BCUT2D eigenvalue weighted by atomic mass is 10.2. The van der Waals surface area contributed by atoms with Gasteiger partial charge in [0.1, 0.15) is 11.6 Å². The second kappa shape index (κ2) is 6.21. The third kappa shape index (κ3) is 3.66. The lowest BCUT2D eigenvalue weighted by Crippen LogP contribution is -2.26. The fraction of sp³-hybridized carbons (Fsp3) is 0.143. The number of sulfonamides is 1. The van der Waals surface area contributed by atoms with Crippen LogP contribution in [-0.4, -0.2) is 19.8 Å². The van der Waals surface area contributed by atoms with E-state index in [-0.39, 0.29) is 21.7 Å². The van der Waals surface area contributed by atoms with Crippen molar-refractivity contribution < 1.29 is 17.2 Å². The lowest BCUT2D eigenvalue weighted by molar-refractivity contribution is 0.465. The molecule has 0 unspecified atom stereocenters. The van der Waals surface area contributed by atoms with Crippen LogP contribution in [0.2, 0.25) is 0 Å². The van der Waals surface area contributed by atoms with Crippen LogP contribution in [0.25, 0.3) is 0 Å². The number of hydrogen-bond acceptors (Lipinski definition) is 2. The van der Waals surface area contributed by atoms with Crippen molar-refractivity contribution in [2.75, 3.05) is 7.05 Å². The molecule has 3 nitrogen and oxygen atoms in total. The molecule has 0 heterocycles. The van der Waals surface area contributed by atoms with Crippen molar-refractivity contribution in [2.24, 2.45) is 0 Å². The summed E-state index contributed by atoms with van der Waals surface area (Å²) in [6.07, 6.45) is 0. The fourth-order valence-corrected chi connectivity index (χ4v) is 3.17. The Kier molecular flexibility index (Phi) is 4.75. The molecule has 0 saturated carbocycles. The Morgan fingerprint density at radius 1 is 1.10 bits per heavy atom. The van der Waals surface area contributed by atoms with Gasteiger partial charge in [-0.2, -0.15) is 4.31 Å². The average Bonchev–Trinajstić information content (AvgIpc) is 2.44. The zero-order valence-corrected chi connectivity index (χ0v) is 13.5. The monoisotopic (exact) mass is 375 g/mol. The molecule has 0 fully saturated rings. The van der Waals surface area contributed by atoms with Crippen LogP contribution in [0.3, 0.4) is 0 Å². The Morgan fingerprint density at radius 3 is 2.29 bits per heavy atom. The first-order valence-corrected chi connectivity index (χ1v) is 8.20. The van der Waals surface area contributed by atoms with Crippen LogP contribution >= 0.6 is 15.9 Å². The fourth-order valence-electron chi connectivity index (χ4n) is 1.75. The molecule has 0 radical (unpaired) electrons. The molecule has 0 aliphatic heterocycles. The summed E-state index contributed by atoms with van der Waals surface area (Å²) < 4.78 is 52.3. The minimum absolute atomic E-state index is 0.0697. The maximum absolute atomic E-state index is 13.5. The minimum Gasteiger partial charge on any atom is -0.207 e. The van der Waals surface area contributed by atoms with Gasteiger partial charge in [0.05, 0.1) is 9.37 Å². The maximum Gasteiger partial charge on any atom is 0.243 e. The Morgan fingerprint density at radius 2 is 1.71 bits per heavy atom. The molecular weight excluding hydrogens is 364 g/mol. The van der Waals surface area contributed by atoms with E-state index in [1.54, 1.807) is 0 Å². The van der Waals surface area contributed by atoms with Crippen LogP contribution in [0.4, 0.5) is 8.78 Å². The maximum atomic E-state index is 13.5. The summed E-state index contributed by atoms with van der Waals surface area (Å²) in [5, 5.41) is 0. The zero-order chi connectivity index (χ0) is 15.6. The van der Waals surface area contributed by atoms with Crippen molar-refractivity contribution in [1.82, 2.24) is 4.31 Å². The van der Waals surface area contributed by atoms with Crippen LogP contribution in [0, 0.1) is 11.6 Å². The first kappa shape index (κ1) is 16.1. The number of rotatable bonds is 4. The Hall–Kier alpha value is -1.31. The molecule has 2 rings (SSSR count). The molecule has 0 aromatic heterocycles. The summed E-state index contributed by atoms with van der Waals surface area (Å²) in [5.74, 6) is -1.04. The number of benzene rings is 2. The minimum atomic E-state index is -3.81. The standard InChI is InChI=1S/C14H12BrF2NO2S/c1-18(9-10-2-4-11(16)5-3-10)21(19,20)12-6-7-13(15)14(17)8-12/h2-8H,9H2,1H3. The van der Waals surface area contributed by atoms with E-state index in [4.69, 9.17) is 0 Å². The molecule has 0 atom stereocenters. The molecule has 0 saturated heterocycles. The highest BCUT2D eigenvalue weighted by Crippen LogP contribution is 2.22. The normalized spacial score (nSPS) is 11.9. The van der Waals surface area contributed by atoms with Crippen molar-refractivity contribution in [1.29, 1.82) is 0 Å². The predicted octanol–water partition coefficient (Wildman–Crippen LogP) is 3.55. The Balaban J connectivity index is 2.25. The van der Waals surface area contributed by atoms with Gasteiger partial charge in [0.2, 0.25) is 10.0 Å². The third-order valence-corrected chi connectivity index (χ3v) is 5.36. The second-order valence-electron chi connectivity index (χ2n) is 4.46. The van der Waals surface area contributed by atoms with Crippen LogP contribution in [0.5, 0.6) is 0 Å². The molecule has 7 heteroatoms. The molecule has 2 aromatic rings. The van der Waals surface area contributed by atoms with Gasteiger partial charge in [0.15, 0.2) is 0 Å². The van der Waals surface area contributed by atoms with E-state index in [0.717, 1.165) is 10.4 Å². The summed E-state index contributed by atoms with van der Waals surface area (Å²) in [6, 6.07) is 9.15. The van der Waals surface area contributed by atoms with E-state index < -0.39 is 15.8 Å². The highest BCUT2D eigenvalue weighted by Gasteiger charge is 2.22. The van der Waals surface area contributed by atoms with E-state index in [0.29, 0.717) is 5.56 Å². The smallest absolute Gasteiger partial charge is 0.207 e. The van der Waals surface area contributed by atoms with E-state index in [1.807, 2.05) is 0 Å². The first-order valence-electron chi connectivity index (χ1n) is 5.96. The van der Waals surface area contributed by atoms with Crippen LogP contribution in [0.15, 0.2) is 51.8 Å². The SMILES string of the molecule is CN(Cc1ccc(F)cc1)S(=O)(=O)c1ccc(Br)c(F)c1. The van der Waals surface area contributed by atoms with Gasteiger partial charge in [-0.3, -0.25) is 0 Å². The topological polar surface area (TPSA) is 37.4 Å². The van der Waals surface area contributed by atoms with Gasteiger partial charge in [-0.05, 0) is 51.8 Å². The third-order valence-electron chi connectivity index (χ3n) is 2.92. The van der Waals surface area contributed by atoms with Crippen LogP contribution in [0.1, 0.15) is 5.56 Å². The molecule has 112 valence electrons. The predicted molar refractivity (Wildman–Crippen MR) is 79.2 cm³/mol. The van der Waals surface area contributed by atoms with Gasteiger partial charge in [0, 0.05) is 13.6 Å². The molecular formula is C14H12BrF2NO2S. The van der Waals surface area contributed by atoms with Crippen molar-refractivity contribution in [3.63, 3.8) is 0 Å². The second-order valence-corrected chi connectivity index (χ2v) is 7.36. The Labute approximate surface area is 130 Å². The van der Waals surface area contributed by atoms with Crippen LogP contribution in [-0.2, 0) is 16.6 Å². The summed E-state index contributed by atoms with van der Waals surface area (Å²) in [6.45, 7) is 0.0697. The highest BCUT2D eigenvalue weighted by molar-refractivity contribution is 9.10. The molecule has 0 amide bonds. The molecule has 2 aromatic carbocycles. The molecule has 0 aliphatic carbocycles. The summed E-state index contributed by atoms with van der Waals surface area (Å²) in [5.41, 5.74) is 0.639. The van der Waals surface area contributed by atoms with Gasteiger partial charge in [0.25, 0.3) is 0 Å². The van der Waals surface area contributed by atoms with E-state index in [2.05, 4.69) is 15.9 Å².